The van der Waals surface area contributed by atoms with Crippen molar-refractivity contribution in [1.82, 2.24) is 14.8 Å². The maximum absolute atomic E-state index is 14.0. The molecule has 7 heteroatoms. The molecule has 1 amide bonds. The highest BCUT2D eigenvalue weighted by atomic mass is 19.1. The zero-order valence-corrected chi connectivity index (χ0v) is 13.8. The second kappa shape index (κ2) is 6.72. The van der Waals surface area contributed by atoms with E-state index in [1.54, 1.807) is 38.1 Å². The summed E-state index contributed by atoms with van der Waals surface area (Å²) in [6.45, 7) is 3.55. The molecule has 0 saturated carbocycles. The Morgan fingerprint density at radius 1 is 1.24 bits per heavy atom. The molecule has 0 fully saturated rings. The minimum atomic E-state index is -0.389. The van der Waals surface area contributed by atoms with Crippen LogP contribution in [0, 0.1) is 19.7 Å². The van der Waals surface area contributed by atoms with Gasteiger partial charge < -0.3 is 10.3 Å². The lowest BCUT2D eigenvalue weighted by Crippen LogP contribution is -2.21. The van der Waals surface area contributed by atoms with Gasteiger partial charge in [-0.15, -0.1) is 0 Å². The van der Waals surface area contributed by atoms with E-state index in [1.165, 1.54) is 23.0 Å². The van der Waals surface area contributed by atoms with Crippen molar-refractivity contribution in [2.24, 2.45) is 0 Å². The molecule has 25 heavy (non-hydrogen) atoms. The molecule has 0 radical (unpaired) electrons. The first-order valence-corrected chi connectivity index (χ1v) is 7.75. The van der Waals surface area contributed by atoms with E-state index in [0.717, 1.165) is 0 Å². The average molecular weight is 340 g/mol. The summed E-state index contributed by atoms with van der Waals surface area (Å²) in [5.74, 6) is -0.726. The van der Waals surface area contributed by atoms with Gasteiger partial charge in [0.1, 0.15) is 17.2 Å². The number of carbonyl (C=O) groups excluding carboxylic acids is 1. The Morgan fingerprint density at radius 3 is 2.72 bits per heavy atom. The van der Waals surface area contributed by atoms with E-state index in [4.69, 9.17) is 0 Å². The summed E-state index contributed by atoms with van der Waals surface area (Å²) in [4.78, 5) is 26.4. The number of benzene rings is 1. The Labute approximate surface area is 143 Å². The highest BCUT2D eigenvalue weighted by molar-refractivity contribution is 5.92. The Balaban J connectivity index is 1.87. The average Bonchev–Trinajstić information content (AvgIpc) is 2.85. The van der Waals surface area contributed by atoms with Crippen molar-refractivity contribution >= 4 is 11.6 Å². The predicted octanol–water partition coefficient (Wildman–Crippen LogP) is 2.50. The van der Waals surface area contributed by atoms with Crippen molar-refractivity contribution in [2.45, 2.75) is 20.3 Å². The third-order valence-corrected chi connectivity index (χ3v) is 3.95. The molecule has 0 aliphatic heterocycles. The molecule has 0 atom stereocenters. The molecular formula is C18H17FN4O2. The molecule has 128 valence electrons. The van der Waals surface area contributed by atoms with Crippen LogP contribution in [0.25, 0.3) is 5.69 Å². The van der Waals surface area contributed by atoms with Crippen molar-refractivity contribution in [3.05, 3.63) is 75.7 Å². The van der Waals surface area contributed by atoms with Crippen molar-refractivity contribution < 1.29 is 9.18 Å². The van der Waals surface area contributed by atoms with Gasteiger partial charge in [-0.3, -0.25) is 9.59 Å². The number of H-pyrrole nitrogens is 1. The number of para-hydroxylation sites is 1. The zero-order chi connectivity index (χ0) is 18.0. The fraction of sp³-hybridized carbons (Fsp3) is 0.167. The van der Waals surface area contributed by atoms with Crippen molar-refractivity contribution in [3.8, 4) is 5.69 Å². The molecule has 6 nitrogen and oxygen atoms in total. The largest absolute Gasteiger partial charge is 0.327 e. The number of aromatic nitrogens is 3. The third kappa shape index (κ3) is 3.35. The SMILES string of the molecule is Cc1nn(-c2ccccc2F)c(C)c1CC(=O)Nc1ccc[nH]c1=O. The molecular weight excluding hydrogens is 323 g/mol. The van der Waals surface area contributed by atoms with E-state index in [1.807, 2.05) is 0 Å². The third-order valence-electron chi connectivity index (χ3n) is 3.95. The lowest BCUT2D eigenvalue weighted by molar-refractivity contribution is -0.115. The summed E-state index contributed by atoms with van der Waals surface area (Å²) in [6.07, 6.45) is 1.53. The molecule has 0 aliphatic rings. The normalized spacial score (nSPS) is 10.7. The first-order valence-electron chi connectivity index (χ1n) is 7.75. The second-order valence-electron chi connectivity index (χ2n) is 5.65. The zero-order valence-electron chi connectivity index (χ0n) is 13.8. The van der Waals surface area contributed by atoms with Gasteiger partial charge in [-0.05, 0) is 38.1 Å². The van der Waals surface area contributed by atoms with Crippen LogP contribution in [0.3, 0.4) is 0 Å². The first-order chi connectivity index (χ1) is 12.0. The van der Waals surface area contributed by atoms with Crippen LogP contribution in [-0.4, -0.2) is 20.7 Å². The predicted molar refractivity (Wildman–Crippen MR) is 92.4 cm³/mol. The van der Waals surface area contributed by atoms with Gasteiger partial charge in [0.15, 0.2) is 0 Å². The number of halogens is 1. The van der Waals surface area contributed by atoms with Crippen molar-refractivity contribution in [3.63, 3.8) is 0 Å². The molecule has 2 heterocycles. The smallest absolute Gasteiger partial charge is 0.271 e. The minimum Gasteiger partial charge on any atom is -0.327 e. The summed E-state index contributed by atoms with van der Waals surface area (Å²) in [6, 6.07) is 9.48. The maximum atomic E-state index is 14.0. The van der Waals surface area contributed by atoms with Gasteiger partial charge in [0.25, 0.3) is 5.56 Å². The van der Waals surface area contributed by atoms with Gasteiger partial charge in [-0.2, -0.15) is 5.10 Å². The molecule has 1 aromatic carbocycles. The number of pyridine rings is 1. The quantitative estimate of drug-likeness (QED) is 0.766. The molecule has 0 saturated heterocycles. The Morgan fingerprint density at radius 2 is 2.00 bits per heavy atom. The number of nitrogens with one attached hydrogen (secondary N) is 2. The van der Waals surface area contributed by atoms with Crippen LogP contribution in [0.2, 0.25) is 0 Å². The Hall–Kier alpha value is -3.22. The van der Waals surface area contributed by atoms with E-state index >= 15 is 0 Å². The number of carbonyl (C=O) groups is 1. The van der Waals surface area contributed by atoms with Crippen LogP contribution in [0.15, 0.2) is 47.4 Å². The Bertz CT molecular complexity index is 991. The summed E-state index contributed by atoms with van der Waals surface area (Å²) in [5.41, 5.74) is 2.16. The number of amides is 1. The lowest BCUT2D eigenvalue weighted by atomic mass is 10.1. The summed E-state index contributed by atoms with van der Waals surface area (Å²) in [5, 5.41) is 6.93. The van der Waals surface area contributed by atoms with Crippen molar-refractivity contribution in [1.29, 1.82) is 0 Å². The molecule has 0 aliphatic carbocycles. The van der Waals surface area contributed by atoms with E-state index in [2.05, 4.69) is 15.4 Å². The van der Waals surface area contributed by atoms with Crippen LogP contribution in [0.1, 0.15) is 17.0 Å². The molecule has 3 rings (SSSR count). The first kappa shape index (κ1) is 16.6. The number of hydrogen-bond donors (Lipinski definition) is 2. The van der Waals surface area contributed by atoms with E-state index in [9.17, 15) is 14.0 Å². The maximum Gasteiger partial charge on any atom is 0.271 e. The van der Waals surface area contributed by atoms with E-state index in [0.29, 0.717) is 22.6 Å². The van der Waals surface area contributed by atoms with Gasteiger partial charge in [0.05, 0.1) is 12.1 Å². The lowest BCUT2D eigenvalue weighted by Gasteiger charge is -2.07. The summed E-state index contributed by atoms with van der Waals surface area (Å²) >= 11 is 0. The van der Waals surface area contributed by atoms with Gasteiger partial charge in [0.2, 0.25) is 5.91 Å². The van der Waals surface area contributed by atoms with Gasteiger partial charge >= 0.3 is 0 Å². The summed E-state index contributed by atoms with van der Waals surface area (Å²) in [7, 11) is 0. The van der Waals surface area contributed by atoms with Gasteiger partial charge in [-0.1, -0.05) is 12.1 Å². The van der Waals surface area contributed by atoms with E-state index < -0.39 is 0 Å². The highest BCUT2D eigenvalue weighted by Gasteiger charge is 2.18. The number of hydrogen-bond acceptors (Lipinski definition) is 3. The van der Waals surface area contributed by atoms with Crippen LogP contribution in [-0.2, 0) is 11.2 Å². The molecule has 2 N–H and O–H groups in total. The summed E-state index contributed by atoms with van der Waals surface area (Å²) < 4.78 is 15.5. The van der Waals surface area contributed by atoms with Crippen LogP contribution in [0.5, 0.6) is 0 Å². The second-order valence-corrected chi connectivity index (χ2v) is 5.65. The molecule has 2 aromatic heterocycles. The minimum absolute atomic E-state index is 0.0421. The Kier molecular flexibility index (Phi) is 4.47. The number of rotatable bonds is 4. The topological polar surface area (TPSA) is 79.8 Å². The number of anilines is 1. The van der Waals surface area contributed by atoms with Crippen LogP contribution >= 0.6 is 0 Å². The number of aryl methyl sites for hydroxylation is 1. The number of aromatic amines is 1. The van der Waals surface area contributed by atoms with Crippen LogP contribution in [0.4, 0.5) is 10.1 Å². The molecule has 0 bridgehead atoms. The van der Waals surface area contributed by atoms with Gasteiger partial charge in [0, 0.05) is 17.5 Å². The molecule has 0 spiro atoms. The van der Waals surface area contributed by atoms with Crippen molar-refractivity contribution in [2.75, 3.05) is 5.32 Å². The molecule has 0 unspecified atom stereocenters. The standard InChI is InChI=1S/C18H17FN4O2/c1-11-13(10-17(24)21-15-7-5-9-20-18(15)25)12(2)23(22-11)16-8-4-3-6-14(16)19/h3-9H,10H2,1-2H3,(H,20,25)(H,21,24). The van der Waals surface area contributed by atoms with E-state index in [-0.39, 0.29) is 29.4 Å². The monoisotopic (exact) mass is 340 g/mol. The molecule has 3 aromatic rings. The van der Waals surface area contributed by atoms with Crippen LogP contribution < -0.4 is 10.9 Å². The fourth-order valence-corrected chi connectivity index (χ4v) is 2.66. The highest BCUT2D eigenvalue weighted by Crippen LogP contribution is 2.20. The number of nitrogens with zero attached hydrogens (tertiary/aromatic N) is 2. The van der Waals surface area contributed by atoms with Gasteiger partial charge in [-0.25, -0.2) is 9.07 Å². The fourth-order valence-electron chi connectivity index (χ4n) is 2.66.